The van der Waals surface area contributed by atoms with Gasteiger partial charge in [0.1, 0.15) is 5.75 Å². The first-order chi connectivity index (χ1) is 6.75. The normalized spacial score (nSPS) is 10.8. The molecule has 0 atom stereocenters. The van der Waals surface area contributed by atoms with Crippen LogP contribution in [-0.2, 0) is 0 Å². The van der Waals surface area contributed by atoms with Gasteiger partial charge in [-0.15, -0.1) is 0 Å². The molecule has 14 heavy (non-hydrogen) atoms. The summed E-state index contributed by atoms with van der Waals surface area (Å²) in [6, 6.07) is 6.15. The van der Waals surface area contributed by atoms with Gasteiger partial charge in [0, 0.05) is 12.0 Å². The Balaban J connectivity index is 2.57. The zero-order chi connectivity index (χ0) is 10.4. The fourth-order valence-corrected chi connectivity index (χ4v) is 1.44. The van der Waals surface area contributed by atoms with E-state index in [1.54, 1.807) is 0 Å². The maximum absolute atomic E-state index is 5.66. The third-order valence-electron chi connectivity index (χ3n) is 2.03. The van der Waals surface area contributed by atoms with Crippen molar-refractivity contribution >= 4 is 11.6 Å². The van der Waals surface area contributed by atoms with E-state index in [9.17, 15) is 0 Å². The van der Waals surface area contributed by atoms with Gasteiger partial charge in [-0.3, -0.25) is 0 Å². The van der Waals surface area contributed by atoms with Gasteiger partial charge in [0.15, 0.2) is 0 Å². The van der Waals surface area contributed by atoms with Crippen molar-refractivity contribution in [1.82, 2.24) is 0 Å². The van der Waals surface area contributed by atoms with Gasteiger partial charge in [-0.25, -0.2) is 0 Å². The highest BCUT2D eigenvalue weighted by molar-refractivity contribution is 6.25. The molecule has 0 aliphatic carbocycles. The smallest absolute Gasteiger partial charge is 0.125 e. The lowest BCUT2D eigenvalue weighted by molar-refractivity contribution is 0.320. The molecule has 0 amide bonds. The average molecular weight is 211 g/mol. The highest BCUT2D eigenvalue weighted by atomic mass is 35.5. The van der Waals surface area contributed by atoms with Crippen molar-refractivity contribution < 1.29 is 4.74 Å². The molecule has 0 aliphatic heterocycles. The predicted molar refractivity (Wildman–Crippen MR) is 61.0 cm³/mol. The molecular weight excluding hydrogens is 196 g/mol. The van der Waals surface area contributed by atoms with Crippen LogP contribution in [0.15, 0.2) is 29.8 Å². The van der Waals surface area contributed by atoms with Gasteiger partial charge in [-0.1, -0.05) is 35.9 Å². The largest absolute Gasteiger partial charge is 0.493 e. The van der Waals surface area contributed by atoms with Crippen LogP contribution in [0.25, 0.3) is 0 Å². The molecule has 0 fully saturated rings. The van der Waals surface area contributed by atoms with Gasteiger partial charge >= 0.3 is 0 Å². The van der Waals surface area contributed by atoms with Gasteiger partial charge in [0.2, 0.25) is 0 Å². The Hall–Kier alpha value is -0.950. The zero-order valence-electron chi connectivity index (χ0n) is 8.59. The second kappa shape index (κ2) is 5.71. The Labute approximate surface area is 90.3 Å². The Morgan fingerprint density at radius 3 is 2.50 bits per heavy atom. The summed E-state index contributed by atoms with van der Waals surface area (Å²) < 4.78 is 5.66. The number of benzene rings is 1. The molecule has 76 valence electrons. The van der Waals surface area contributed by atoms with E-state index in [1.807, 2.05) is 12.1 Å². The first-order valence-corrected chi connectivity index (χ1v) is 5.13. The number of hydrogen-bond acceptors (Lipinski definition) is 1. The van der Waals surface area contributed by atoms with Gasteiger partial charge in [0.25, 0.3) is 0 Å². The van der Waals surface area contributed by atoms with E-state index in [0.29, 0.717) is 6.61 Å². The third-order valence-corrected chi connectivity index (χ3v) is 2.21. The summed E-state index contributed by atoms with van der Waals surface area (Å²) in [5, 5.41) is 0. The molecule has 0 unspecified atom stereocenters. The lowest BCUT2D eigenvalue weighted by Gasteiger charge is -2.10. The molecule has 0 bridgehead atoms. The lowest BCUT2D eigenvalue weighted by atomic mass is 10.1. The lowest BCUT2D eigenvalue weighted by Crippen LogP contribution is -1.99. The first kappa shape index (κ1) is 11.1. The van der Waals surface area contributed by atoms with Crippen LogP contribution in [0, 0.1) is 13.8 Å². The van der Waals surface area contributed by atoms with Crippen LogP contribution in [0.4, 0.5) is 0 Å². The molecule has 0 aromatic heterocycles. The maximum Gasteiger partial charge on any atom is 0.125 e. The predicted octanol–water partition coefficient (Wildman–Crippen LogP) is 3.82. The highest BCUT2D eigenvalue weighted by Gasteiger charge is 2.01. The van der Waals surface area contributed by atoms with Crippen LogP contribution in [0.3, 0.4) is 0 Å². The van der Waals surface area contributed by atoms with Crippen molar-refractivity contribution in [3.8, 4) is 5.75 Å². The van der Waals surface area contributed by atoms with Crippen molar-refractivity contribution in [1.29, 1.82) is 0 Å². The number of aryl methyl sites for hydroxylation is 2. The third kappa shape index (κ3) is 3.08. The van der Waals surface area contributed by atoms with Crippen molar-refractivity contribution in [2.24, 2.45) is 0 Å². The van der Waals surface area contributed by atoms with E-state index in [-0.39, 0.29) is 0 Å². The summed E-state index contributed by atoms with van der Waals surface area (Å²) in [7, 11) is 0. The summed E-state index contributed by atoms with van der Waals surface area (Å²) >= 11 is 5.41. The average Bonchev–Trinajstić information content (AvgIpc) is 2.16. The summed E-state index contributed by atoms with van der Waals surface area (Å²) in [4.78, 5) is 0. The Bertz CT molecular complexity index is 298. The number of halogens is 1. The molecule has 1 nitrogen and oxygen atoms in total. The van der Waals surface area contributed by atoms with E-state index < -0.39 is 0 Å². The van der Waals surface area contributed by atoms with E-state index in [4.69, 9.17) is 16.3 Å². The topological polar surface area (TPSA) is 9.23 Å². The molecule has 0 saturated carbocycles. The molecule has 1 rings (SSSR count). The number of ether oxygens (including phenoxy) is 1. The quantitative estimate of drug-likeness (QED) is 0.687. The minimum Gasteiger partial charge on any atom is -0.493 e. The van der Waals surface area contributed by atoms with Crippen LogP contribution in [0.5, 0.6) is 5.75 Å². The second-order valence-electron chi connectivity index (χ2n) is 3.22. The van der Waals surface area contributed by atoms with Crippen molar-refractivity contribution in [3.63, 3.8) is 0 Å². The molecule has 0 aliphatic rings. The SMILES string of the molecule is Cc1cccc(C)c1OCCC=CCl. The Kier molecular flexibility index (Phi) is 4.54. The van der Waals surface area contributed by atoms with Crippen molar-refractivity contribution in [2.75, 3.05) is 6.61 Å². The van der Waals surface area contributed by atoms with E-state index in [2.05, 4.69) is 26.0 Å². The summed E-state index contributed by atoms with van der Waals surface area (Å²) in [6.45, 7) is 4.79. The summed E-state index contributed by atoms with van der Waals surface area (Å²) in [5.41, 5.74) is 3.88. The first-order valence-electron chi connectivity index (χ1n) is 4.70. The maximum atomic E-state index is 5.66. The fourth-order valence-electron chi connectivity index (χ4n) is 1.32. The number of hydrogen-bond donors (Lipinski definition) is 0. The Morgan fingerprint density at radius 2 is 1.93 bits per heavy atom. The molecule has 0 heterocycles. The van der Waals surface area contributed by atoms with E-state index in [1.165, 1.54) is 16.7 Å². The Morgan fingerprint density at radius 1 is 1.29 bits per heavy atom. The van der Waals surface area contributed by atoms with Crippen LogP contribution in [0.1, 0.15) is 17.5 Å². The van der Waals surface area contributed by atoms with Crippen LogP contribution < -0.4 is 4.74 Å². The van der Waals surface area contributed by atoms with E-state index in [0.717, 1.165) is 12.2 Å². The monoisotopic (exact) mass is 210 g/mol. The van der Waals surface area contributed by atoms with Gasteiger partial charge in [-0.05, 0) is 25.0 Å². The molecular formula is C12H15ClO. The van der Waals surface area contributed by atoms with Crippen molar-refractivity contribution in [3.05, 3.63) is 40.9 Å². The van der Waals surface area contributed by atoms with Crippen LogP contribution in [0.2, 0.25) is 0 Å². The molecule has 0 radical (unpaired) electrons. The second-order valence-corrected chi connectivity index (χ2v) is 3.47. The van der Waals surface area contributed by atoms with Gasteiger partial charge in [0.05, 0.1) is 6.61 Å². The van der Waals surface area contributed by atoms with Crippen LogP contribution >= 0.6 is 11.6 Å². The van der Waals surface area contributed by atoms with Gasteiger partial charge in [-0.2, -0.15) is 0 Å². The molecule has 1 aromatic carbocycles. The van der Waals surface area contributed by atoms with Crippen molar-refractivity contribution in [2.45, 2.75) is 20.3 Å². The number of rotatable bonds is 4. The zero-order valence-corrected chi connectivity index (χ0v) is 9.34. The molecule has 0 spiro atoms. The van der Waals surface area contributed by atoms with E-state index >= 15 is 0 Å². The summed E-state index contributed by atoms with van der Waals surface area (Å²) in [5.74, 6) is 0.996. The summed E-state index contributed by atoms with van der Waals surface area (Å²) in [6.07, 6.45) is 2.73. The minimum atomic E-state index is 0.676. The number of para-hydroxylation sites is 1. The standard InChI is InChI=1S/C12H15ClO/c1-10-6-5-7-11(2)12(10)14-9-4-3-8-13/h3,5-8H,4,9H2,1-2H3. The van der Waals surface area contributed by atoms with Gasteiger partial charge < -0.3 is 4.74 Å². The van der Waals surface area contributed by atoms with Crippen LogP contribution in [-0.4, -0.2) is 6.61 Å². The minimum absolute atomic E-state index is 0.676. The molecule has 0 saturated heterocycles. The fraction of sp³-hybridized carbons (Fsp3) is 0.333. The molecule has 1 aromatic rings. The molecule has 2 heteroatoms. The highest BCUT2D eigenvalue weighted by Crippen LogP contribution is 2.22. The molecule has 0 N–H and O–H groups in total.